The lowest BCUT2D eigenvalue weighted by Gasteiger charge is -2.18. The molecule has 1 fully saturated rings. The number of piperidine rings is 1. The highest BCUT2D eigenvalue weighted by Gasteiger charge is 2.20. The Kier molecular flexibility index (Phi) is 2.63. The molecule has 0 aliphatic carbocycles. The van der Waals surface area contributed by atoms with E-state index in [1.54, 1.807) is 0 Å². The standard InChI is InChI=1S/C8H14N2O/c1-6(2)10-7-4-3-5-9-8(7)11/h7H,3-5H2,1-2H3,(H,9,11). The molecule has 1 rings (SSSR count). The number of hydrogen-bond acceptors (Lipinski definition) is 2. The maximum absolute atomic E-state index is 11.1. The highest BCUT2D eigenvalue weighted by Crippen LogP contribution is 2.07. The molecule has 1 heterocycles. The van der Waals surface area contributed by atoms with E-state index in [1.165, 1.54) is 0 Å². The van der Waals surface area contributed by atoms with E-state index < -0.39 is 0 Å². The van der Waals surface area contributed by atoms with Crippen molar-refractivity contribution in [2.24, 2.45) is 4.99 Å². The van der Waals surface area contributed by atoms with Crippen molar-refractivity contribution < 1.29 is 4.79 Å². The maximum Gasteiger partial charge on any atom is 0.244 e. The molecule has 0 aromatic carbocycles. The Hall–Kier alpha value is -0.860. The lowest BCUT2D eigenvalue weighted by Crippen LogP contribution is -2.39. The Morgan fingerprint density at radius 2 is 2.36 bits per heavy atom. The second kappa shape index (κ2) is 3.51. The van der Waals surface area contributed by atoms with E-state index in [4.69, 9.17) is 0 Å². The molecule has 1 unspecified atom stereocenters. The molecule has 0 aromatic heterocycles. The molecule has 0 saturated carbocycles. The lowest BCUT2D eigenvalue weighted by atomic mass is 10.1. The van der Waals surface area contributed by atoms with Crippen LogP contribution in [0.4, 0.5) is 0 Å². The van der Waals surface area contributed by atoms with E-state index >= 15 is 0 Å². The SMILES string of the molecule is CC(C)=NC1CCCNC1=O. The van der Waals surface area contributed by atoms with Crippen molar-refractivity contribution in [2.75, 3.05) is 6.54 Å². The van der Waals surface area contributed by atoms with Gasteiger partial charge < -0.3 is 5.32 Å². The van der Waals surface area contributed by atoms with Gasteiger partial charge in [-0.2, -0.15) is 0 Å². The number of nitrogens with zero attached hydrogens (tertiary/aromatic N) is 1. The van der Waals surface area contributed by atoms with Gasteiger partial charge in [-0.05, 0) is 26.7 Å². The van der Waals surface area contributed by atoms with Crippen LogP contribution in [-0.2, 0) is 4.79 Å². The Balaban J connectivity index is 2.55. The first-order chi connectivity index (χ1) is 5.20. The first-order valence-corrected chi connectivity index (χ1v) is 3.99. The van der Waals surface area contributed by atoms with Crippen molar-refractivity contribution in [2.45, 2.75) is 32.7 Å². The van der Waals surface area contributed by atoms with Crippen LogP contribution in [0.15, 0.2) is 4.99 Å². The summed E-state index contributed by atoms with van der Waals surface area (Å²) in [5.41, 5.74) is 0.979. The second-order valence-electron chi connectivity index (χ2n) is 3.03. The summed E-state index contributed by atoms with van der Waals surface area (Å²) in [4.78, 5) is 15.3. The topological polar surface area (TPSA) is 41.5 Å². The van der Waals surface area contributed by atoms with E-state index in [-0.39, 0.29) is 11.9 Å². The van der Waals surface area contributed by atoms with Crippen LogP contribution in [-0.4, -0.2) is 24.2 Å². The molecule has 3 heteroatoms. The van der Waals surface area contributed by atoms with Crippen LogP contribution in [0.1, 0.15) is 26.7 Å². The third-order valence-corrected chi connectivity index (χ3v) is 1.67. The average Bonchev–Trinajstić information content (AvgIpc) is 1.93. The summed E-state index contributed by atoms with van der Waals surface area (Å²) < 4.78 is 0. The Bertz CT molecular complexity index is 183. The van der Waals surface area contributed by atoms with Gasteiger partial charge in [0.1, 0.15) is 6.04 Å². The van der Waals surface area contributed by atoms with E-state index in [0.29, 0.717) is 0 Å². The summed E-state index contributed by atoms with van der Waals surface area (Å²) in [6, 6.07) is -0.117. The Labute approximate surface area is 66.9 Å². The molecule has 1 N–H and O–H groups in total. The predicted octanol–water partition coefficient (Wildman–Crippen LogP) is 0.746. The molecular weight excluding hydrogens is 140 g/mol. The van der Waals surface area contributed by atoms with Gasteiger partial charge in [0, 0.05) is 12.3 Å². The number of carbonyl (C=O) groups excluding carboxylic acids is 1. The van der Waals surface area contributed by atoms with Crippen molar-refractivity contribution in [1.29, 1.82) is 0 Å². The fourth-order valence-electron chi connectivity index (χ4n) is 1.19. The molecule has 11 heavy (non-hydrogen) atoms. The number of hydrogen-bond donors (Lipinski definition) is 1. The fourth-order valence-corrected chi connectivity index (χ4v) is 1.19. The van der Waals surface area contributed by atoms with Crippen LogP contribution in [0.5, 0.6) is 0 Å². The summed E-state index contributed by atoms with van der Waals surface area (Å²) in [5, 5.41) is 2.79. The monoisotopic (exact) mass is 154 g/mol. The van der Waals surface area contributed by atoms with Gasteiger partial charge in [-0.15, -0.1) is 0 Å². The second-order valence-corrected chi connectivity index (χ2v) is 3.03. The minimum absolute atomic E-state index is 0.0810. The molecule has 0 bridgehead atoms. The Morgan fingerprint density at radius 1 is 1.64 bits per heavy atom. The molecule has 1 aliphatic rings. The number of rotatable bonds is 1. The number of aliphatic imine (C=N–C) groups is 1. The molecule has 62 valence electrons. The smallest absolute Gasteiger partial charge is 0.244 e. The Morgan fingerprint density at radius 3 is 2.91 bits per heavy atom. The van der Waals surface area contributed by atoms with E-state index in [0.717, 1.165) is 25.1 Å². The van der Waals surface area contributed by atoms with Gasteiger partial charge in [0.05, 0.1) is 0 Å². The number of amides is 1. The minimum Gasteiger partial charge on any atom is -0.354 e. The zero-order chi connectivity index (χ0) is 8.27. The predicted molar refractivity (Wildman–Crippen MR) is 44.8 cm³/mol. The minimum atomic E-state index is -0.117. The van der Waals surface area contributed by atoms with Crippen molar-refractivity contribution in [3.63, 3.8) is 0 Å². The maximum atomic E-state index is 11.1. The van der Waals surface area contributed by atoms with Gasteiger partial charge in [0.2, 0.25) is 5.91 Å². The van der Waals surface area contributed by atoms with Crippen LogP contribution in [0, 0.1) is 0 Å². The van der Waals surface area contributed by atoms with Crippen LogP contribution < -0.4 is 5.32 Å². The molecule has 0 aromatic rings. The van der Waals surface area contributed by atoms with Crippen molar-refractivity contribution in [1.82, 2.24) is 5.32 Å². The summed E-state index contributed by atoms with van der Waals surface area (Å²) in [7, 11) is 0. The van der Waals surface area contributed by atoms with E-state index in [9.17, 15) is 4.79 Å². The summed E-state index contributed by atoms with van der Waals surface area (Å²) >= 11 is 0. The molecule has 1 aliphatic heterocycles. The number of carbonyl (C=O) groups is 1. The van der Waals surface area contributed by atoms with Gasteiger partial charge in [0.25, 0.3) is 0 Å². The van der Waals surface area contributed by atoms with Gasteiger partial charge in [-0.1, -0.05) is 0 Å². The van der Waals surface area contributed by atoms with Crippen molar-refractivity contribution in [3.8, 4) is 0 Å². The van der Waals surface area contributed by atoms with Gasteiger partial charge >= 0.3 is 0 Å². The lowest BCUT2D eigenvalue weighted by molar-refractivity contribution is -0.123. The average molecular weight is 154 g/mol. The summed E-state index contributed by atoms with van der Waals surface area (Å²) in [5.74, 6) is 0.0810. The highest BCUT2D eigenvalue weighted by atomic mass is 16.2. The van der Waals surface area contributed by atoms with Crippen LogP contribution in [0.2, 0.25) is 0 Å². The normalized spacial score (nSPS) is 24.2. The summed E-state index contributed by atoms with van der Waals surface area (Å²) in [6.45, 7) is 4.65. The number of nitrogens with one attached hydrogen (secondary N) is 1. The third-order valence-electron chi connectivity index (χ3n) is 1.67. The van der Waals surface area contributed by atoms with Crippen molar-refractivity contribution in [3.05, 3.63) is 0 Å². The zero-order valence-electron chi connectivity index (χ0n) is 7.05. The van der Waals surface area contributed by atoms with E-state index in [2.05, 4.69) is 10.3 Å². The zero-order valence-corrected chi connectivity index (χ0v) is 7.05. The quantitative estimate of drug-likeness (QED) is 0.556. The highest BCUT2D eigenvalue weighted by molar-refractivity contribution is 5.87. The molecule has 1 saturated heterocycles. The molecule has 0 radical (unpaired) electrons. The van der Waals surface area contributed by atoms with Crippen LogP contribution in [0.3, 0.4) is 0 Å². The van der Waals surface area contributed by atoms with Gasteiger partial charge in [-0.25, -0.2) is 0 Å². The molecule has 1 atom stereocenters. The molecule has 3 nitrogen and oxygen atoms in total. The first-order valence-electron chi connectivity index (χ1n) is 3.99. The molecule has 1 amide bonds. The van der Waals surface area contributed by atoms with E-state index in [1.807, 2.05) is 13.8 Å². The van der Waals surface area contributed by atoms with Gasteiger partial charge in [0.15, 0.2) is 0 Å². The van der Waals surface area contributed by atoms with Gasteiger partial charge in [-0.3, -0.25) is 9.79 Å². The van der Waals surface area contributed by atoms with Crippen LogP contribution in [0.25, 0.3) is 0 Å². The molecular formula is C8H14N2O. The summed E-state index contributed by atoms with van der Waals surface area (Å²) in [6.07, 6.45) is 1.95. The largest absolute Gasteiger partial charge is 0.354 e. The third kappa shape index (κ3) is 2.33. The first kappa shape index (κ1) is 8.24. The fraction of sp³-hybridized carbons (Fsp3) is 0.750. The van der Waals surface area contributed by atoms with Crippen molar-refractivity contribution >= 4 is 11.6 Å². The molecule has 0 spiro atoms. The van der Waals surface area contributed by atoms with Crippen LogP contribution >= 0.6 is 0 Å².